The Hall–Kier alpha value is -3.52. The minimum absolute atomic E-state index is 0.241. The molecule has 6 heterocycles. The molecule has 0 bridgehead atoms. The van der Waals surface area contributed by atoms with Gasteiger partial charge in [0.15, 0.2) is 0 Å². The van der Waals surface area contributed by atoms with E-state index in [1.54, 1.807) is 14.5 Å². The van der Waals surface area contributed by atoms with Gasteiger partial charge in [-0.25, -0.2) is 0 Å². The van der Waals surface area contributed by atoms with Gasteiger partial charge < -0.3 is 0 Å². The van der Waals surface area contributed by atoms with Crippen LogP contribution in [0.5, 0.6) is 0 Å². The summed E-state index contributed by atoms with van der Waals surface area (Å²) in [5.41, 5.74) is 14.6. The summed E-state index contributed by atoms with van der Waals surface area (Å²) in [7, 11) is -2.54. The van der Waals surface area contributed by atoms with Gasteiger partial charge in [0, 0.05) is 9.00 Å². The second-order valence-corrected chi connectivity index (χ2v) is 23.1. The SMILES string of the molecule is CC(C)c1cc(C(C)C)c(B2c3sccc3C(=C3c4ccsc4[Si](c4ccccc4)(c4ccccc4)c4sccc43)c3ccsc32)c(C(C)C)c1. The summed E-state index contributed by atoms with van der Waals surface area (Å²) < 4.78 is 6.12. The molecule has 0 spiro atoms. The van der Waals surface area contributed by atoms with E-state index in [2.05, 4.69) is 160 Å². The molecular formula is C45H41BS4Si. The molecule has 0 saturated carbocycles. The second kappa shape index (κ2) is 12.9. The molecule has 0 atom stereocenters. The average Bonchev–Trinajstić information content (AvgIpc) is 3.98. The van der Waals surface area contributed by atoms with Crippen LogP contribution in [0.15, 0.2) is 119 Å². The van der Waals surface area contributed by atoms with Gasteiger partial charge in [0.25, 0.3) is 6.71 Å². The maximum absolute atomic E-state index is 2.54. The third kappa shape index (κ3) is 4.94. The Labute approximate surface area is 320 Å². The van der Waals surface area contributed by atoms with Gasteiger partial charge in [-0.15, -0.1) is 0 Å². The largest absolute Gasteiger partial charge is 0.268 e. The van der Waals surface area contributed by atoms with Crippen molar-refractivity contribution in [1.82, 2.24) is 0 Å². The maximum Gasteiger partial charge on any atom is 0.268 e. The molecule has 2 aliphatic rings. The van der Waals surface area contributed by atoms with Crippen LogP contribution in [-0.2, 0) is 0 Å². The van der Waals surface area contributed by atoms with Crippen LogP contribution >= 0.6 is 45.3 Å². The van der Waals surface area contributed by atoms with Crippen LogP contribution in [0, 0.1) is 0 Å². The Morgan fingerprint density at radius 2 is 0.882 bits per heavy atom. The highest BCUT2D eigenvalue weighted by Gasteiger charge is 2.51. The van der Waals surface area contributed by atoms with Gasteiger partial charge in [-0.1, -0.05) is 120 Å². The molecule has 0 radical (unpaired) electrons. The van der Waals surface area contributed by atoms with E-state index in [9.17, 15) is 0 Å². The van der Waals surface area contributed by atoms with Crippen LogP contribution in [-0.4, -0.2) is 14.8 Å². The van der Waals surface area contributed by atoms with Gasteiger partial charge in [0.1, 0.15) is 0 Å². The van der Waals surface area contributed by atoms with E-state index in [0.29, 0.717) is 17.8 Å². The summed E-state index contributed by atoms with van der Waals surface area (Å²) in [5, 5.41) is 12.4. The molecule has 7 aromatic rings. The minimum atomic E-state index is -2.54. The number of hydrogen-bond acceptors (Lipinski definition) is 4. The molecule has 4 aromatic heterocycles. The van der Waals surface area contributed by atoms with Crippen molar-refractivity contribution in [3.63, 3.8) is 0 Å². The molecule has 9 rings (SSSR count). The highest BCUT2D eigenvalue weighted by atomic mass is 32.1. The van der Waals surface area contributed by atoms with Crippen molar-refractivity contribution >= 4 is 106 Å². The van der Waals surface area contributed by atoms with Crippen LogP contribution in [0.2, 0.25) is 0 Å². The lowest BCUT2D eigenvalue weighted by Crippen LogP contribution is -2.75. The van der Waals surface area contributed by atoms with Crippen LogP contribution < -0.4 is 34.4 Å². The summed E-state index contributed by atoms with van der Waals surface area (Å²) in [6.45, 7) is 14.5. The first-order valence-corrected chi connectivity index (χ1v) is 23.7. The van der Waals surface area contributed by atoms with E-state index < -0.39 is 8.07 Å². The van der Waals surface area contributed by atoms with Crippen molar-refractivity contribution in [1.29, 1.82) is 0 Å². The molecular weight excluding hydrogens is 708 g/mol. The van der Waals surface area contributed by atoms with Gasteiger partial charge >= 0.3 is 0 Å². The van der Waals surface area contributed by atoms with Crippen molar-refractivity contribution in [3.05, 3.63) is 158 Å². The van der Waals surface area contributed by atoms with Gasteiger partial charge in [0.2, 0.25) is 8.07 Å². The lowest BCUT2D eigenvalue weighted by atomic mass is 9.37. The predicted octanol–water partition coefficient (Wildman–Crippen LogP) is 8.83. The summed E-state index contributed by atoms with van der Waals surface area (Å²) in [6, 6.07) is 37.7. The third-order valence-electron chi connectivity index (χ3n) is 11.1. The van der Waals surface area contributed by atoms with Gasteiger partial charge in [-0.3, -0.25) is 0 Å². The monoisotopic (exact) mass is 748 g/mol. The Morgan fingerprint density at radius 3 is 1.31 bits per heavy atom. The van der Waals surface area contributed by atoms with E-state index >= 15 is 0 Å². The highest BCUT2D eigenvalue weighted by Crippen LogP contribution is 2.43. The number of thiophene rings is 4. The fraction of sp³-hybridized carbons (Fsp3) is 0.200. The zero-order chi connectivity index (χ0) is 35.0. The lowest BCUT2D eigenvalue weighted by Gasteiger charge is -2.38. The van der Waals surface area contributed by atoms with Crippen molar-refractivity contribution in [3.8, 4) is 0 Å². The van der Waals surface area contributed by atoms with Crippen LogP contribution in [0.3, 0.4) is 0 Å². The second-order valence-electron chi connectivity index (χ2n) is 15.0. The van der Waals surface area contributed by atoms with Crippen molar-refractivity contribution in [2.45, 2.75) is 59.3 Å². The van der Waals surface area contributed by atoms with Crippen LogP contribution in [0.4, 0.5) is 0 Å². The molecule has 0 aliphatic carbocycles. The molecule has 0 amide bonds. The summed E-state index contributed by atoms with van der Waals surface area (Å²) in [4.78, 5) is 0. The van der Waals surface area contributed by atoms with E-state index in [1.807, 2.05) is 45.3 Å². The minimum Gasteiger partial charge on any atom is -0.157 e. The lowest BCUT2D eigenvalue weighted by molar-refractivity contribution is 0.812. The molecule has 0 fully saturated rings. The van der Waals surface area contributed by atoms with E-state index in [4.69, 9.17) is 0 Å². The average molecular weight is 749 g/mol. The molecule has 0 N–H and O–H groups in total. The maximum atomic E-state index is 2.54. The first-order chi connectivity index (χ1) is 24.8. The molecule has 0 unspecified atom stereocenters. The number of benzene rings is 3. The molecule has 0 saturated heterocycles. The van der Waals surface area contributed by atoms with Crippen LogP contribution in [0.25, 0.3) is 11.1 Å². The molecule has 51 heavy (non-hydrogen) atoms. The normalized spacial score (nSPS) is 14.6. The van der Waals surface area contributed by atoms with Gasteiger partial charge in [-0.05, 0) is 134 Å². The van der Waals surface area contributed by atoms with Gasteiger partial charge in [0.05, 0.1) is 0 Å². The Balaban J connectivity index is 1.35. The van der Waals surface area contributed by atoms with Crippen LogP contribution in [0.1, 0.15) is 98.2 Å². The molecule has 0 nitrogen and oxygen atoms in total. The van der Waals surface area contributed by atoms with E-state index in [-0.39, 0.29) is 6.71 Å². The Morgan fingerprint density at radius 1 is 0.471 bits per heavy atom. The standard InChI is InChI=1S/C45H41BS4Si/c1-27(2)30-25-37(28(3)4)41(38(26-30)29(5)6)46-42-33(17-21-47-42)39(34-18-22-48-43(34)46)40-35-19-23-49-44(35)51(31-13-9-7-10-14-31,32-15-11-8-12-16-32)45-36(40)20-24-50-45/h7-29H,1-6H3. The van der Waals surface area contributed by atoms with E-state index in [0.717, 1.165) is 0 Å². The van der Waals surface area contributed by atoms with Crippen molar-refractivity contribution in [2.24, 2.45) is 0 Å². The fourth-order valence-corrected chi connectivity index (χ4v) is 20.4. The number of hydrogen-bond donors (Lipinski definition) is 0. The molecule has 2 aliphatic heterocycles. The summed E-state index contributed by atoms with van der Waals surface area (Å²) in [6.07, 6.45) is 0. The van der Waals surface area contributed by atoms with Crippen molar-refractivity contribution in [2.75, 3.05) is 0 Å². The molecule has 6 heteroatoms. The fourth-order valence-electron chi connectivity index (χ4n) is 8.82. The van der Waals surface area contributed by atoms with E-state index in [1.165, 1.54) is 70.0 Å². The quantitative estimate of drug-likeness (QED) is 0.149. The molecule has 252 valence electrons. The smallest absolute Gasteiger partial charge is 0.157 e. The highest BCUT2D eigenvalue weighted by molar-refractivity contribution is 7.44. The summed E-state index contributed by atoms with van der Waals surface area (Å²) in [5.74, 6) is 1.38. The predicted molar refractivity (Wildman–Crippen MR) is 233 cm³/mol. The van der Waals surface area contributed by atoms with Crippen molar-refractivity contribution < 1.29 is 0 Å². The summed E-state index contributed by atoms with van der Waals surface area (Å²) >= 11 is 7.87. The number of fused-ring (bicyclic) bond motifs is 4. The van der Waals surface area contributed by atoms with Gasteiger partial charge in [-0.2, -0.15) is 45.3 Å². The third-order valence-corrected chi connectivity index (χ3v) is 21.4. The first-order valence-electron chi connectivity index (χ1n) is 18.2. The number of rotatable bonds is 6. The Kier molecular flexibility index (Phi) is 8.40. The topological polar surface area (TPSA) is 0 Å². The first kappa shape index (κ1) is 33.3. The zero-order valence-electron chi connectivity index (χ0n) is 30.0. The zero-order valence-corrected chi connectivity index (χ0v) is 34.3. The molecule has 3 aromatic carbocycles. The Bertz CT molecular complexity index is 2260.